The number of likely N-dealkylation sites (tertiary alicyclic amines) is 1. The number of nitrogens with one attached hydrogen (secondary N) is 1. The zero-order valence-electron chi connectivity index (χ0n) is 23.2. The van der Waals surface area contributed by atoms with Crippen molar-refractivity contribution in [3.63, 3.8) is 0 Å². The Kier molecular flexibility index (Phi) is 8.01. The van der Waals surface area contributed by atoms with Gasteiger partial charge in [-0.25, -0.2) is 9.18 Å². The van der Waals surface area contributed by atoms with Crippen LogP contribution in [0.2, 0.25) is 0 Å². The lowest BCUT2D eigenvalue weighted by atomic mass is 9.97. The van der Waals surface area contributed by atoms with E-state index in [0.29, 0.717) is 11.6 Å². The number of nitrogens with zero attached hydrogens (tertiary/aromatic N) is 4. The highest BCUT2D eigenvalue weighted by Gasteiger charge is 2.52. The van der Waals surface area contributed by atoms with Crippen LogP contribution in [-0.2, 0) is 20.7 Å². The fraction of sp³-hybridized carbons (Fsp3) is 0.690. The number of carbonyl (C=O) groups excluding carboxylic acids is 2. The van der Waals surface area contributed by atoms with E-state index in [4.69, 9.17) is 9.47 Å². The number of piperidine rings is 1. The SMILES string of the molecule is CC(C)(C)OC(=O)N1C2CCC(C2)C1C(=O)N[C@H](C#N)Cc1ccc(N2CCN(C3CCOC3)CC2)cc1F. The normalized spacial score (nSPS) is 27.9. The summed E-state index contributed by atoms with van der Waals surface area (Å²) in [5.41, 5.74) is 0.535. The minimum absolute atomic E-state index is 0.0283. The van der Waals surface area contributed by atoms with Gasteiger partial charge in [-0.1, -0.05) is 6.07 Å². The first-order valence-electron chi connectivity index (χ1n) is 14.2. The molecule has 39 heavy (non-hydrogen) atoms. The first kappa shape index (κ1) is 27.7. The Labute approximate surface area is 230 Å². The van der Waals surface area contributed by atoms with E-state index < -0.39 is 23.8 Å². The van der Waals surface area contributed by atoms with Crippen LogP contribution in [0.5, 0.6) is 0 Å². The van der Waals surface area contributed by atoms with E-state index in [2.05, 4.69) is 21.2 Å². The Hall–Kier alpha value is -2.90. The average Bonchev–Trinajstić information content (AvgIpc) is 3.66. The van der Waals surface area contributed by atoms with Gasteiger partial charge in [0.05, 0.1) is 12.7 Å². The highest BCUT2D eigenvalue weighted by molar-refractivity contribution is 5.87. The van der Waals surface area contributed by atoms with Crippen molar-refractivity contribution >= 4 is 17.7 Å². The van der Waals surface area contributed by atoms with Gasteiger partial charge in [-0.3, -0.25) is 14.6 Å². The first-order chi connectivity index (χ1) is 18.6. The van der Waals surface area contributed by atoms with Crippen LogP contribution in [-0.4, -0.2) is 91.0 Å². The number of carbonyl (C=O) groups is 2. The van der Waals surface area contributed by atoms with Crippen LogP contribution >= 0.6 is 0 Å². The molecule has 0 radical (unpaired) electrons. The Bertz CT molecular complexity index is 1100. The molecule has 4 aliphatic rings. The molecular formula is C29H40FN5O4. The summed E-state index contributed by atoms with van der Waals surface area (Å²) in [6, 6.07) is 6.12. The predicted octanol–water partition coefficient (Wildman–Crippen LogP) is 3.08. The molecule has 1 aromatic rings. The molecule has 2 bridgehead atoms. The third-order valence-corrected chi connectivity index (χ3v) is 8.49. The van der Waals surface area contributed by atoms with E-state index in [0.717, 1.165) is 70.8 Å². The van der Waals surface area contributed by atoms with Crippen LogP contribution in [0.4, 0.5) is 14.9 Å². The van der Waals surface area contributed by atoms with Crippen molar-refractivity contribution in [1.82, 2.24) is 15.1 Å². The van der Waals surface area contributed by atoms with Gasteiger partial charge in [0, 0.05) is 57.0 Å². The Balaban J connectivity index is 1.19. The molecule has 3 saturated heterocycles. The number of ether oxygens (including phenoxy) is 2. The molecule has 1 N–H and O–H groups in total. The zero-order chi connectivity index (χ0) is 27.7. The van der Waals surface area contributed by atoms with Gasteiger partial charge in [-0.2, -0.15) is 5.26 Å². The number of piperazine rings is 1. The highest BCUT2D eigenvalue weighted by Crippen LogP contribution is 2.43. The zero-order valence-corrected chi connectivity index (χ0v) is 23.2. The van der Waals surface area contributed by atoms with Crippen LogP contribution in [0, 0.1) is 23.1 Å². The van der Waals surface area contributed by atoms with E-state index in [9.17, 15) is 14.9 Å². The highest BCUT2D eigenvalue weighted by atomic mass is 19.1. The molecule has 2 amide bonds. The third-order valence-electron chi connectivity index (χ3n) is 8.49. The standard InChI is InChI=1S/C29H40FN5O4/c1-29(2,3)39-28(37)35-23-7-5-20(15-23)26(35)27(36)32-21(17-31)14-19-4-6-22(16-25(19)30)33-9-11-34(12-10-33)24-8-13-38-18-24/h4,6,16,20-21,23-24,26H,5,7-15,18H2,1-3H3,(H,32,36)/t20?,21-,23?,24?,26?/m0/s1. The summed E-state index contributed by atoms with van der Waals surface area (Å²) in [6.07, 6.45) is 3.09. The van der Waals surface area contributed by atoms with Crippen molar-refractivity contribution in [1.29, 1.82) is 5.26 Å². The molecule has 3 aliphatic heterocycles. The molecule has 0 spiro atoms. The second-order valence-corrected chi connectivity index (χ2v) is 12.3. The summed E-state index contributed by atoms with van der Waals surface area (Å²) >= 11 is 0. The molecule has 1 saturated carbocycles. The molecule has 3 heterocycles. The second kappa shape index (κ2) is 11.3. The van der Waals surface area contributed by atoms with Crippen molar-refractivity contribution in [2.75, 3.05) is 44.3 Å². The van der Waals surface area contributed by atoms with E-state index in [1.54, 1.807) is 31.7 Å². The molecule has 0 aromatic heterocycles. The summed E-state index contributed by atoms with van der Waals surface area (Å²) in [5.74, 6) is -0.717. The fourth-order valence-corrected chi connectivity index (χ4v) is 6.56. The maximum Gasteiger partial charge on any atom is 0.411 e. The maximum absolute atomic E-state index is 15.2. The van der Waals surface area contributed by atoms with Crippen molar-refractivity contribution in [3.8, 4) is 6.07 Å². The summed E-state index contributed by atoms with van der Waals surface area (Å²) in [7, 11) is 0. The number of nitriles is 1. The molecular weight excluding hydrogens is 501 g/mol. The maximum atomic E-state index is 15.2. The van der Waals surface area contributed by atoms with Gasteiger partial charge in [0.15, 0.2) is 0 Å². The molecule has 212 valence electrons. The molecule has 1 aromatic carbocycles. The average molecular weight is 542 g/mol. The predicted molar refractivity (Wildman–Crippen MR) is 144 cm³/mol. The van der Waals surface area contributed by atoms with Gasteiger partial charge in [0.2, 0.25) is 5.91 Å². The quantitative estimate of drug-likeness (QED) is 0.591. The monoisotopic (exact) mass is 541 g/mol. The smallest absolute Gasteiger partial charge is 0.411 e. The molecule has 4 unspecified atom stereocenters. The van der Waals surface area contributed by atoms with Crippen LogP contribution < -0.4 is 10.2 Å². The summed E-state index contributed by atoms with van der Waals surface area (Å²) in [6.45, 7) is 10.5. The molecule has 5 atom stereocenters. The number of benzene rings is 1. The second-order valence-electron chi connectivity index (χ2n) is 12.3. The van der Waals surface area contributed by atoms with Crippen LogP contribution in [0.15, 0.2) is 18.2 Å². The van der Waals surface area contributed by atoms with Crippen LogP contribution in [0.3, 0.4) is 0 Å². The topological polar surface area (TPSA) is 98.1 Å². The molecule has 1 aliphatic carbocycles. The van der Waals surface area contributed by atoms with Gasteiger partial charge < -0.3 is 19.7 Å². The molecule has 10 heteroatoms. The van der Waals surface area contributed by atoms with Gasteiger partial charge in [-0.15, -0.1) is 0 Å². The minimum Gasteiger partial charge on any atom is -0.444 e. The van der Waals surface area contributed by atoms with E-state index in [-0.39, 0.29) is 30.1 Å². The number of rotatable bonds is 6. The Morgan fingerprint density at radius 2 is 1.95 bits per heavy atom. The number of hydrogen-bond donors (Lipinski definition) is 1. The van der Waals surface area contributed by atoms with Crippen molar-refractivity contribution in [2.45, 2.75) is 82.6 Å². The Morgan fingerprint density at radius 3 is 2.59 bits per heavy atom. The number of halogens is 1. The van der Waals surface area contributed by atoms with E-state index >= 15 is 4.39 Å². The lowest BCUT2D eigenvalue weighted by Gasteiger charge is -2.38. The fourth-order valence-electron chi connectivity index (χ4n) is 6.56. The lowest BCUT2D eigenvalue weighted by molar-refractivity contribution is -0.128. The lowest BCUT2D eigenvalue weighted by Crippen LogP contribution is -2.55. The summed E-state index contributed by atoms with van der Waals surface area (Å²) in [4.78, 5) is 32.4. The Morgan fingerprint density at radius 1 is 1.18 bits per heavy atom. The van der Waals surface area contributed by atoms with Crippen LogP contribution in [0.1, 0.15) is 52.0 Å². The largest absolute Gasteiger partial charge is 0.444 e. The van der Waals surface area contributed by atoms with Crippen molar-refractivity contribution in [3.05, 3.63) is 29.6 Å². The van der Waals surface area contributed by atoms with Gasteiger partial charge >= 0.3 is 6.09 Å². The number of fused-ring (bicyclic) bond motifs is 2. The summed E-state index contributed by atoms with van der Waals surface area (Å²) in [5, 5.41) is 12.6. The van der Waals surface area contributed by atoms with Gasteiger partial charge in [-0.05, 0) is 70.1 Å². The van der Waals surface area contributed by atoms with Gasteiger partial charge in [0.1, 0.15) is 23.5 Å². The van der Waals surface area contributed by atoms with Gasteiger partial charge in [0.25, 0.3) is 0 Å². The summed E-state index contributed by atoms with van der Waals surface area (Å²) < 4.78 is 26.2. The van der Waals surface area contributed by atoms with Crippen molar-refractivity contribution < 1.29 is 23.5 Å². The van der Waals surface area contributed by atoms with E-state index in [1.165, 1.54) is 6.07 Å². The van der Waals surface area contributed by atoms with E-state index in [1.807, 2.05) is 6.07 Å². The molecule has 4 fully saturated rings. The first-order valence-corrected chi connectivity index (χ1v) is 14.2. The minimum atomic E-state index is -0.908. The number of amides is 2. The van der Waals surface area contributed by atoms with Crippen LogP contribution in [0.25, 0.3) is 0 Å². The molecule has 9 nitrogen and oxygen atoms in total. The third kappa shape index (κ3) is 6.15. The number of hydrogen-bond acceptors (Lipinski definition) is 7. The molecule has 5 rings (SSSR count). The van der Waals surface area contributed by atoms with Crippen molar-refractivity contribution in [2.24, 2.45) is 5.92 Å². The number of anilines is 1.